The summed E-state index contributed by atoms with van der Waals surface area (Å²) in [5.74, 6) is 0.608. The first-order chi connectivity index (χ1) is 28.7. The van der Waals surface area contributed by atoms with E-state index >= 15 is 0 Å². The molecule has 0 saturated carbocycles. The molecule has 9 aromatic carbocycles. The Labute approximate surface area is 332 Å². The Morgan fingerprint density at radius 1 is 0.379 bits per heavy atom. The molecule has 3 heterocycles. The quantitative estimate of drug-likeness (QED) is 0.170. The van der Waals surface area contributed by atoms with E-state index in [9.17, 15) is 0 Å². The lowest BCUT2D eigenvalue weighted by Crippen LogP contribution is -2.10. The lowest BCUT2D eigenvalue weighted by molar-refractivity contribution is 0.620. The lowest BCUT2D eigenvalue weighted by atomic mass is 9.94. The summed E-state index contributed by atoms with van der Waals surface area (Å²) in [6.07, 6.45) is 0. The van der Waals surface area contributed by atoms with E-state index in [1.807, 2.05) is 54.6 Å². The van der Waals surface area contributed by atoms with E-state index in [-0.39, 0.29) is 0 Å². The van der Waals surface area contributed by atoms with E-state index in [0.29, 0.717) is 5.89 Å². The first kappa shape index (κ1) is 32.4. The Balaban J connectivity index is 0.971. The number of hydrogen-bond acceptors (Lipinski definition) is 5. The van der Waals surface area contributed by atoms with E-state index in [0.717, 1.165) is 111 Å². The van der Waals surface area contributed by atoms with Crippen LogP contribution in [0.4, 0.5) is 17.1 Å². The molecule has 5 heteroatoms. The minimum absolute atomic E-state index is 0.608. The molecule has 0 aliphatic carbocycles. The standard InChI is InChI=1S/C53H32N2O3/c1-3-12-34(13-4-1)53-54-44-28-24-37(32-49(44)58-53)50-40-17-8-7-14-36(40)31-43-42-30-35(25-29-47(42)57-52(43)50)33-22-26-39(27-23-33)55(38-15-5-2-6-16-38)45-19-11-21-48-51(45)41-18-9-10-20-46(41)56-48/h1-32H. The fourth-order valence-electron chi connectivity index (χ4n) is 8.57. The number of anilines is 3. The van der Waals surface area contributed by atoms with Crippen LogP contribution in [0.25, 0.3) is 99.5 Å². The zero-order valence-electron chi connectivity index (χ0n) is 31.1. The van der Waals surface area contributed by atoms with Gasteiger partial charge in [0.15, 0.2) is 5.58 Å². The van der Waals surface area contributed by atoms with Gasteiger partial charge < -0.3 is 18.2 Å². The first-order valence-corrected chi connectivity index (χ1v) is 19.4. The molecule has 12 rings (SSSR count). The van der Waals surface area contributed by atoms with Crippen LogP contribution in [0, 0.1) is 0 Å². The van der Waals surface area contributed by atoms with Crippen LogP contribution in [0.2, 0.25) is 0 Å². The van der Waals surface area contributed by atoms with E-state index in [1.165, 1.54) is 0 Å². The van der Waals surface area contributed by atoms with Gasteiger partial charge in [0.05, 0.1) is 11.1 Å². The topological polar surface area (TPSA) is 55.6 Å². The summed E-state index contributed by atoms with van der Waals surface area (Å²) in [6.45, 7) is 0. The Morgan fingerprint density at radius 3 is 1.93 bits per heavy atom. The second-order valence-corrected chi connectivity index (χ2v) is 14.7. The maximum Gasteiger partial charge on any atom is 0.227 e. The molecule has 58 heavy (non-hydrogen) atoms. The maximum absolute atomic E-state index is 6.77. The fourth-order valence-corrected chi connectivity index (χ4v) is 8.57. The molecular weight excluding hydrogens is 713 g/mol. The minimum Gasteiger partial charge on any atom is -0.456 e. The van der Waals surface area contributed by atoms with E-state index in [4.69, 9.17) is 18.2 Å². The molecule has 3 aromatic heterocycles. The zero-order valence-corrected chi connectivity index (χ0v) is 31.1. The van der Waals surface area contributed by atoms with Crippen molar-refractivity contribution in [3.8, 4) is 33.7 Å². The van der Waals surface area contributed by atoms with Gasteiger partial charge in [-0.1, -0.05) is 109 Å². The summed E-state index contributed by atoms with van der Waals surface area (Å²) >= 11 is 0. The molecule has 0 radical (unpaired) electrons. The van der Waals surface area contributed by atoms with Crippen LogP contribution < -0.4 is 4.90 Å². The summed E-state index contributed by atoms with van der Waals surface area (Å²) in [5, 5.41) is 6.59. The van der Waals surface area contributed by atoms with Gasteiger partial charge in [-0.05, 0) is 112 Å². The minimum atomic E-state index is 0.608. The average molecular weight is 745 g/mol. The molecule has 0 amide bonds. The normalized spacial score (nSPS) is 11.8. The van der Waals surface area contributed by atoms with Crippen molar-refractivity contribution in [1.29, 1.82) is 0 Å². The number of rotatable bonds is 6. The highest BCUT2D eigenvalue weighted by molar-refractivity contribution is 6.19. The summed E-state index contributed by atoms with van der Waals surface area (Å²) in [6, 6.07) is 67.4. The van der Waals surface area contributed by atoms with E-state index < -0.39 is 0 Å². The highest BCUT2D eigenvalue weighted by Gasteiger charge is 2.21. The van der Waals surface area contributed by atoms with Gasteiger partial charge in [0.1, 0.15) is 27.8 Å². The van der Waals surface area contributed by atoms with Crippen LogP contribution in [-0.2, 0) is 0 Å². The fraction of sp³-hybridized carbons (Fsp3) is 0. The van der Waals surface area contributed by atoms with Crippen LogP contribution in [-0.4, -0.2) is 4.98 Å². The van der Waals surface area contributed by atoms with Crippen LogP contribution in [0.15, 0.2) is 207 Å². The Bertz CT molecular complexity index is 3510. The van der Waals surface area contributed by atoms with Gasteiger partial charge in [-0.2, -0.15) is 0 Å². The molecule has 0 aliphatic rings. The van der Waals surface area contributed by atoms with Gasteiger partial charge in [-0.15, -0.1) is 0 Å². The SMILES string of the molecule is c1ccc(-c2nc3ccc(-c4c5ccccc5cc5c4oc4ccc(-c6ccc(N(c7ccccc7)c7cccc8oc9ccccc9c78)cc6)cc45)cc3o2)cc1. The Hall–Kier alpha value is -7.89. The molecule has 0 aliphatic heterocycles. The van der Waals surface area contributed by atoms with Gasteiger partial charge in [0.2, 0.25) is 5.89 Å². The molecule has 272 valence electrons. The van der Waals surface area contributed by atoms with Crippen LogP contribution in [0.5, 0.6) is 0 Å². The summed E-state index contributed by atoms with van der Waals surface area (Å²) in [4.78, 5) is 7.10. The summed E-state index contributed by atoms with van der Waals surface area (Å²) in [5.41, 5.74) is 13.4. The van der Waals surface area contributed by atoms with E-state index in [1.54, 1.807) is 0 Å². The molecule has 0 N–H and O–H groups in total. The van der Waals surface area contributed by atoms with Crippen molar-refractivity contribution in [2.24, 2.45) is 0 Å². The summed E-state index contributed by atoms with van der Waals surface area (Å²) in [7, 11) is 0. The third-order valence-corrected chi connectivity index (χ3v) is 11.3. The van der Waals surface area contributed by atoms with E-state index in [2.05, 4.69) is 144 Å². The van der Waals surface area contributed by atoms with Gasteiger partial charge in [-0.3, -0.25) is 0 Å². The largest absolute Gasteiger partial charge is 0.456 e. The number of benzene rings is 9. The molecule has 0 atom stereocenters. The molecule has 0 spiro atoms. The molecule has 0 bridgehead atoms. The van der Waals surface area contributed by atoms with Crippen LogP contribution in [0.1, 0.15) is 0 Å². The third-order valence-electron chi connectivity index (χ3n) is 11.3. The predicted molar refractivity (Wildman–Crippen MR) is 237 cm³/mol. The predicted octanol–water partition coefficient (Wildman–Crippen LogP) is 15.3. The molecule has 12 aromatic rings. The molecule has 5 nitrogen and oxygen atoms in total. The number of nitrogens with zero attached hydrogens (tertiary/aromatic N) is 2. The van der Waals surface area contributed by atoms with Crippen molar-refractivity contribution in [1.82, 2.24) is 4.98 Å². The van der Waals surface area contributed by atoms with Gasteiger partial charge in [-0.25, -0.2) is 4.98 Å². The van der Waals surface area contributed by atoms with Crippen LogP contribution >= 0.6 is 0 Å². The Morgan fingerprint density at radius 2 is 1.07 bits per heavy atom. The van der Waals surface area contributed by atoms with Crippen LogP contribution in [0.3, 0.4) is 0 Å². The number of fused-ring (bicyclic) bond motifs is 8. The molecular formula is C53H32N2O3. The highest BCUT2D eigenvalue weighted by atomic mass is 16.3. The van der Waals surface area contributed by atoms with Crippen molar-refractivity contribution in [3.63, 3.8) is 0 Å². The second-order valence-electron chi connectivity index (χ2n) is 14.7. The lowest BCUT2D eigenvalue weighted by Gasteiger charge is -2.26. The second kappa shape index (κ2) is 12.8. The average Bonchev–Trinajstić information content (AvgIpc) is 4.00. The van der Waals surface area contributed by atoms with Crippen molar-refractivity contribution < 1.29 is 13.3 Å². The number of para-hydroxylation sites is 2. The third kappa shape index (κ3) is 5.14. The van der Waals surface area contributed by atoms with Crippen molar-refractivity contribution in [2.45, 2.75) is 0 Å². The first-order valence-electron chi connectivity index (χ1n) is 19.4. The van der Waals surface area contributed by atoms with Crippen molar-refractivity contribution in [2.75, 3.05) is 4.90 Å². The number of hydrogen-bond donors (Lipinski definition) is 0. The zero-order chi connectivity index (χ0) is 38.2. The monoisotopic (exact) mass is 744 g/mol. The van der Waals surface area contributed by atoms with Crippen molar-refractivity contribution in [3.05, 3.63) is 194 Å². The van der Waals surface area contributed by atoms with Gasteiger partial charge in [0.25, 0.3) is 0 Å². The smallest absolute Gasteiger partial charge is 0.227 e. The molecule has 0 fully saturated rings. The van der Waals surface area contributed by atoms with Crippen molar-refractivity contribution >= 4 is 82.8 Å². The highest BCUT2D eigenvalue weighted by Crippen LogP contribution is 2.45. The number of furan rings is 2. The maximum atomic E-state index is 6.77. The van der Waals surface area contributed by atoms with Gasteiger partial charge >= 0.3 is 0 Å². The van der Waals surface area contributed by atoms with Gasteiger partial charge in [0, 0.05) is 38.7 Å². The molecule has 0 unspecified atom stereocenters. The number of oxazole rings is 1. The molecule has 0 saturated heterocycles. The Kier molecular flexibility index (Phi) is 7.16. The summed E-state index contributed by atoms with van der Waals surface area (Å²) < 4.78 is 19.4. The number of aromatic nitrogens is 1.